The Morgan fingerprint density at radius 3 is 2.63 bits per heavy atom. The van der Waals surface area contributed by atoms with Crippen LogP contribution in [0.1, 0.15) is 12.5 Å². The van der Waals surface area contributed by atoms with Crippen molar-refractivity contribution in [2.75, 3.05) is 5.73 Å². The quantitative estimate of drug-likeness (QED) is 0.372. The fourth-order valence-corrected chi connectivity index (χ4v) is 2.90. The molecular weight excluding hydrogens is 365 g/mol. The number of hydrogen-bond donors (Lipinski definition) is 4. The van der Waals surface area contributed by atoms with Crippen molar-refractivity contribution in [3.05, 3.63) is 10.2 Å². The van der Waals surface area contributed by atoms with Gasteiger partial charge in [0, 0.05) is 22.6 Å². The lowest BCUT2D eigenvalue weighted by molar-refractivity contribution is -0.0244. The minimum Gasteiger partial charge on any atom is -0.390 e. The Hall–Kier alpha value is -1.04. The van der Waals surface area contributed by atoms with Gasteiger partial charge >= 0.3 is 0 Å². The van der Waals surface area contributed by atoms with E-state index in [1.165, 1.54) is 6.33 Å². The summed E-state index contributed by atoms with van der Waals surface area (Å²) in [5, 5.41) is 29.2. The highest BCUT2D eigenvalue weighted by atomic mass is 127. The smallest absolute Gasteiger partial charge is 0.194 e. The SMILES string of the molecule is Nc1nc(I)nc2c1ncn2[C@@H]1C[C@H](O)[C@@H](O)[C@H]1O. The van der Waals surface area contributed by atoms with Crippen molar-refractivity contribution in [3.8, 4) is 0 Å². The average Bonchev–Trinajstić information content (AvgIpc) is 2.86. The van der Waals surface area contributed by atoms with Gasteiger partial charge in [-0.25, -0.2) is 15.0 Å². The monoisotopic (exact) mass is 377 g/mol. The third kappa shape index (κ3) is 1.96. The number of aliphatic hydroxyl groups excluding tert-OH is 3. The van der Waals surface area contributed by atoms with Crippen LogP contribution in [-0.2, 0) is 0 Å². The van der Waals surface area contributed by atoms with Gasteiger partial charge in [-0.15, -0.1) is 0 Å². The van der Waals surface area contributed by atoms with E-state index in [1.54, 1.807) is 4.57 Å². The second-order valence-electron chi connectivity index (χ2n) is 4.55. The molecule has 1 aliphatic carbocycles. The molecule has 1 saturated carbocycles. The lowest BCUT2D eigenvalue weighted by atomic mass is 10.2. The third-order valence-electron chi connectivity index (χ3n) is 3.40. The van der Waals surface area contributed by atoms with Gasteiger partial charge in [-0.3, -0.25) is 0 Å². The van der Waals surface area contributed by atoms with Gasteiger partial charge in [0.15, 0.2) is 15.3 Å². The van der Waals surface area contributed by atoms with E-state index >= 15 is 0 Å². The Kier molecular flexibility index (Phi) is 3.08. The fraction of sp³-hybridized carbons (Fsp3) is 0.500. The minimum atomic E-state index is -1.17. The molecule has 3 rings (SSSR count). The number of halogens is 1. The second-order valence-corrected chi connectivity index (χ2v) is 5.52. The van der Waals surface area contributed by atoms with E-state index in [0.29, 0.717) is 15.0 Å². The summed E-state index contributed by atoms with van der Waals surface area (Å²) >= 11 is 1.94. The molecule has 2 heterocycles. The van der Waals surface area contributed by atoms with Crippen molar-refractivity contribution in [2.24, 2.45) is 0 Å². The van der Waals surface area contributed by atoms with Gasteiger partial charge < -0.3 is 25.6 Å². The maximum atomic E-state index is 9.96. The zero-order valence-corrected chi connectivity index (χ0v) is 11.8. The van der Waals surface area contributed by atoms with Gasteiger partial charge in [0.1, 0.15) is 17.7 Å². The molecule has 1 aliphatic rings. The van der Waals surface area contributed by atoms with Crippen LogP contribution in [-0.4, -0.2) is 53.2 Å². The van der Waals surface area contributed by atoms with E-state index in [4.69, 9.17) is 5.73 Å². The summed E-state index contributed by atoms with van der Waals surface area (Å²) in [6, 6.07) is -0.486. The van der Waals surface area contributed by atoms with E-state index in [0.717, 1.165) is 0 Å². The molecule has 2 aromatic heterocycles. The number of aromatic nitrogens is 4. The van der Waals surface area contributed by atoms with Crippen LogP contribution < -0.4 is 5.73 Å². The summed E-state index contributed by atoms with van der Waals surface area (Å²) in [6.07, 6.45) is -1.48. The molecule has 0 aliphatic heterocycles. The number of rotatable bonds is 1. The normalized spacial score (nSPS) is 31.2. The highest BCUT2D eigenvalue weighted by molar-refractivity contribution is 14.1. The molecule has 0 radical (unpaired) electrons. The van der Waals surface area contributed by atoms with Crippen LogP contribution in [0, 0.1) is 3.83 Å². The maximum Gasteiger partial charge on any atom is 0.194 e. The van der Waals surface area contributed by atoms with E-state index < -0.39 is 24.4 Å². The summed E-state index contributed by atoms with van der Waals surface area (Å²) in [4.78, 5) is 12.4. The zero-order valence-electron chi connectivity index (χ0n) is 9.68. The first-order valence-electron chi connectivity index (χ1n) is 5.68. The molecule has 5 N–H and O–H groups in total. The molecule has 0 saturated heterocycles. The third-order valence-corrected chi connectivity index (χ3v) is 3.88. The molecule has 0 bridgehead atoms. The summed E-state index contributed by atoms with van der Waals surface area (Å²) < 4.78 is 2.09. The largest absolute Gasteiger partial charge is 0.390 e. The molecule has 0 unspecified atom stereocenters. The first-order valence-corrected chi connectivity index (χ1v) is 6.76. The second kappa shape index (κ2) is 4.51. The minimum absolute atomic E-state index is 0.230. The Balaban J connectivity index is 2.11. The Morgan fingerprint density at radius 1 is 1.26 bits per heavy atom. The van der Waals surface area contributed by atoms with E-state index in [2.05, 4.69) is 15.0 Å². The summed E-state index contributed by atoms with van der Waals surface area (Å²) in [5.74, 6) is 0.265. The fourth-order valence-electron chi connectivity index (χ4n) is 2.41. The molecule has 19 heavy (non-hydrogen) atoms. The summed E-state index contributed by atoms with van der Waals surface area (Å²) in [7, 11) is 0. The molecule has 9 heteroatoms. The summed E-state index contributed by atoms with van der Waals surface area (Å²) in [5.41, 5.74) is 6.70. The van der Waals surface area contributed by atoms with Crippen LogP contribution in [0.3, 0.4) is 0 Å². The van der Waals surface area contributed by atoms with Crippen LogP contribution in [0.4, 0.5) is 5.82 Å². The van der Waals surface area contributed by atoms with Crippen molar-refractivity contribution in [3.63, 3.8) is 0 Å². The van der Waals surface area contributed by atoms with Crippen LogP contribution in [0.25, 0.3) is 11.2 Å². The van der Waals surface area contributed by atoms with Crippen LogP contribution >= 0.6 is 22.6 Å². The predicted molar refractivity (Wildman–Crippen MR) is 74.1 cm³/mol. The lowest BCUT2D eigenvalue weighted by Gasteiger charge is -2.17. The van der Waals surface area contributed by atoms with Crippen molar-refractivity contribution in [1.82, 2.24) is 19.5 Å². The van der Waals surface area contributed by atoms with E-state index in [-0.39, 0.29) is 12.2 Å². The van der Waals surface area contributed by atoms with Gasteiger partial charge in [0.2, 0.25) is 0 Å². The van der Waals surface area contributed by atoms with E-state index in [9.17, 15) is 15.3 Å². The number of nitrogens with two attached hydrogens (primary N) is 1. The Labute approximate surface area is 121 Å². The molecule has 0 aromatic carbocycles. The van der Waals surface area contributed by atoms with Gasteiger partial charge in [0.05, 0.1) is 18.5 Å². The van der Waals surface area contributed by atoms with Crippen molar-refractivity contribution >= 4 is 39.6 Å². The molecule has 4 atom stereocenters. The van der Waals surface area contributed by atoms with E-state index in [1.807, 2.05) is 22.6 Å². The van der Waals surface area contributed by atoms with Crippen LogP contribution in [0.2, 0.25) is 0 Å². The van der Waals surface area contributed by atoms with Crippen LogP contribution in [0.15, 0.2) is 6.33 Å². The first-order chi connectivity index (χ1) is 8.99. The average molecular weight is 377 g/mol. The molecule has 2 aromatic rings. The van der Waals surface area contributed by atoms with Gasteiger partial charge in [-0.05, 0) is 6.42 Å². The number of nitrogens with zero attached hydrogens (tertiary/aromatic N) is 4. The molecule has 8 nitrogen and oxygen atoms in total. The number of hydrogen-bond acceptors (Lipinski definition) is 7. The number of imidazole rings is 1. The Bertz CT molecular complexity index is 633. The molecule has 0 amide bonds. The molecule has 102 valence electrons. The van der Waals surface area contributed by atoms with Gasteiger partial charge in [-0.2, -0.15) is 0 Å². The standard InChI is InChI=1S/C10H12IN5O3/c11-10-14-8(12)5-9(15-10)16(2-13-5)3-1-4(17)7(19)6(3)18/h2-4,6-7,17-19H,1H2,(H2,12,14,15)/t3-,4+,6+,7-/m1/s1. The summed E-state index contributed by atoms with van der Waals surface area (Å²) in [6.45, 7) is 0. The van der Waals surface area contributed by atoms with Gasteiger partial charge in [-0.1, -0.05) is 0 Å². The van der Waals surface area contributed by atoms with Crippen LogP contribution in [0.5, 0.6) is 0 Å². The number of anilines is 1. The zero-order chi connectivity index (χ0) is 13.7. The van der Waals surface area contributed by atoms with Crippen molar-refractivity contribution in [2.45, 2.75) is 30.8 Å². The molecule has 1 fully saturated rings. The number of aliphatic hydroxyl groups is 3. The number of nitrogen functional groups attached to an aromatic ring is 1. The maximum absolute atomic E-state index is 9.96. The molecule has 0 spiro atoms. The molecular formula is C10H12IN5O3. The first kappa shape index (κ1) is 13.0. The highest BCUT2D eigenvalue weighted by Gasteiger charge is 2.42. The topological polar surface area (TPSA) is 130 Å². The van der Waals surface area contributed by atoms with Crippen molar-refractivity contribution < 1.29 is 15.3 Å². The highest BCUT2D eigenvalue weighted by Crippen LogP contribution is 2.33. The van der Waals surface area contributed by atoms with Crippen molar-refractivity contribution in [1.29, 1.82) is 0 Å². The lowest BCUT2D eigenvalue weighted by Crippen LogP contribution is -2.31. The number of fused-ring (bicyclic) bond motifs is 1. The predicted octanol–water partition coefficient (Wildman–Crippen LogP) is -0.959. The Morgan fingerprint density at radius 2 is 2.00 bits per heavy atom. The van der Waals surface area contributed by atoms with Gasteiger partial charge in [0.25, 0.3) is 0 Å².